The third-order valence-electron chi connectivity index (χ3n) is 1.43. The van der Waals surface area contributed by atoms with Gasteiger partial charge in [0.05, 0.1) is 0 Å². The summed E-state index contributed by atoms with van der Waals surface area (Å²) in [7, 11) is 0. The molecule has 1 aliphatic heterocycles. The van der Waals surface area contributed by atoms with E-state index in [1.165, 1.54) is 0 Å². The Labute approximate surface area is 90.0 Å². The molecule has 0 aromatic heterocycles. The minimum absolute atomic E-state index is 0. The fourth-order valence-corrected chi connectivity index (χ4v) is 0.915. The van der Waals surface area contributed by atoms with Crippen molar-refractivity contribution < 1.29 is 0 Å². The largest absolute Gasteiger partial charge is 0.277 e. The zero-order valence-corrected chi connectivity index (χ0v) is 8.91. The van der Waals surface area contributed by atoms with E-state index in [4.69, 9.17) is 5.84 Å². The van der Waals surface area contributed by atoms with E-state index in [1.807, 2.05) is 19.1 Å². The molecule has 0 spiro atoms. The van der Waals surface area contributed by atoms with Gasteiger partial charge in [0, 0.05) is 6.21 Å². The SMILES string of the molecule is CCNC1(NN)C=CC=NN1.Cl.Cl. The summed E-state index contributed by atoms with van der Waals surface area (Å²) in [4.78, 5) is 0. The monoisotopic (exact) mass is 227 g/mol. The lowest BCUT2D eigenvalue weighted by molar-refractivity contribution is 0.271. The predicted molar refractivity (Wildman–Crippen MR) is 59.0 cm³/mol. The van der Waals surface area contributed by atoms with Crippen molar-refractivity contribution in [1.82, 2.24) is 16.2 Å². The molecule has 1 rings (SSSR count). The molecule has 13 heavy (non-hydrogen) atoms. The second kappa shape index (κ2) is 7.11. The lowest BCUT2D eigenvalue weighted by atomic mass is 10.3. The second-order valence-electron chi connectivity index (χ2n) is 2.23. The molecule has 0 aliphatic carbocycles. The van der Waals surface area contributed by atoms with Gasteiger partial charge in [0.2, 0.25) is 0 Å². The van der Waals surface area contributed by atoms with Crippen molar-refractivity contribution in [2.24, 2.45) is 10.9 Å². The average molecular weight is 228 g/mol. The molecular weight excluding hydrogens is 213 g/mol. The van der Waals surface area contributed by atoms with Crippen LogP contribution in [0.2, 0.25) is 0 Å². The molecule has 0 aromatic rings. The first-order valence-electron chi connectivity index (χ1n) is 3.54. The van der Waals surface area contributed by atoms with Crippen LogP contribution < -0.4 is 22.0 Å². The lowest BCUT2D eigenvalue weighted by Crippen LogP contribution is -2.66. The molecule has 0 saturated heterocycles. The zero-order chi connectivity index (χ0) is 8.16. The first-order valence-corrected chi connectivity index (χ1v) is 3.54. The smallest absolute Gasteiger partial charge is 0.191 e. The van der Waals surface area contributed by atoms with Gasteiger partial charge < -0.3 is 0 Å². The van der Waals surface area contributed by atoms with Crippen LogP contribution in [-0.2, 0) is 0 Å². The summed E-state index contributed by atoms with van der Waals surface area (Å²) in [6.07, 6.45) is 5.34. The third kappa shape index (κ3) is 3.93. The Kier molecular flexibility index (Phi) is 8.29. The highest BCUT2D eigenvalue weighted by atomic mass is 35.5. The number of allylic oxidation sites excluding steroid dienone is 1. The lowest BCUT2D eigenvalue weighted by Gasteiger charge is -2.31. The molecule has 78 valence electrons. The Hall–Kier alpha value is -0.330. The number of likely N-dealkylation sites (N-methyl/N-ethyl adjacent to an activating group) is 1. The van der Waals surface area contributed by atoms with Crippen molar-refractivity contribution in [3.63, 3.8) is 0 Å². The third-order valence-corrected chi connectivity index (χ3v) is 1.43. The van der Waals surface area contributed by atoms with E-state index in [0.29, 0.717) is 0 Å². The van der Waals surface area contributed by atoms with E-state index < -0.39 is 5.79 Å². The number of nitrogens with zero attached hydrogens (tertiary/aromatic N) is 1. The maximum atomic E-state index is 5.32. The van der Waals surface area contributed by atoms with Gasteiger partial charge in [0.15, 0.2) is 5.79 Å². The summed E-state index contributed by atoms with van der Waals surface area (Å²) < 4.78 is 0. The molecule has 1 atom stereocenters. The second-order valence-corrected chi connectivity index (χ2v) is 2.23. The molecular formula is C6H15Cl2N5. The molecule has 7 heteroatoms. The fraction of sp³-hybridized carbons (Fsp3) is 0.500. The minimum atomic E-state index is -0.580. The number of hydrazine groups is 1. The number of hydrogen-bond acceptors (Lipinski definition) is 5. The van der Waals surface area contributed by atoms with Gasteiger partial charge in [-0.15, -0.1) is 24.8 Å². The van der Waals surface area contributed by atoms with Crippen LogP contribution in [0.3, 0.4) is 0 Å². The van der Waals surface area contributed by atoms with Crippen molar-refractivity contribution in [3.8, 4) is 0 Å². The number of hydrazone groups is 1. The molecule has 0 aromatic carbocycles. The highest BCUT2D eigenvalue weighted by Crippen LogP contribution is 1.98. The van der Waals surface area contributed by atoms with Crippen molar-refractivity contribution in [3.05, 3.63) is 12.2 Å². The Morgan fingerprint density at radius 2 is 2.23 bits per heavy atom. The normalized spacial score (nSPS) is 24.2. The van der Waals surface area contributed by atoms with Crippen LogP contribution in [0.4, 0.5) is 0 Å². The van der Waals surface area contributed by atoms with E-state index in [0.717, 1.165) is 6.54 Å². The van der Waals surface area contributed by atoms with Crippen LogP contribution in [-0.4, -0.2) is 18.5 Å². The number of hydrogen-bond donors (Lipinski definition) is 4. The first-order chi connectivity index (χ1) is 5.33. The van der Waals surface area contributed by atoms with Gasteiger partial charge in [-0.2, -0.15) is 5.10 Å². The molecule has 1 unspecified atom stereocenters. The first kappa shape index (κ1) is 15.2. The van der Waals surface area contributed by atoms with Crippen LogP contribution in [0.5, 0.6) is 0 Å². The molecule has 0 bridgehead atoms. The summed E-state index contributed by atoms with van der Waals surface area (Å²) in [6, 6.07) is 0. The van der Waals surface area contributed by atoms with Crippen LogP contribution in [0, 0.1) is 0 Å². The molecule has 0 radical (unpaired) electrons. The maximum absolute atomic E-state index is 5.32. The van der Waals surface area contributed by atoms with Crippen molar-refractivity contribution in [2.45, 2.75) is 12.7 Å². The van der Waals surface area contributed by atoms with Crippen LogP contribution in [0.1, 0.15) is 6.92 Å². The standard InChI is InChI=1S/C6H13N5.2ClH/c1-2-8-6(10-7)4-3-5-9-11-6;;/h3-5,8,10-11H,2,7H2,1H3;2*1H. The molecule has 1 heterocycles. The quantitative estimate of drug-likeness (QED) is 0.304. The van der Waals surface area contributed by atoms with Crippen LogP contribution >= 0.6 is 24.8 Å². The van der Waals surface area contributed by atoms with Gasteiger partial charge in [-0.25, -0.2) is 5.43 Å². The minimum Gasteiger partial charge on any atom is -0.277 e. The predicted octanol–water partition coefficient (Wildman–Crippen LogP) is -0.298. The van der Waals surface area contributed by atoms with Gasteiger partial charge in [-0.1, -0.05) is 6.92 Å². The van der Waals surface area contributed by atoms with Crippen molar-refractivity contribution >= 4 is 31.0 Å². The van der Waals surface area contributed by atoms with Gasteiger partial charge >= 0.3 is 0 Å². The Morgan fingerprint density at radius 3 is 2.62 bits per heavy atom. The number of nitrogens with two attached hydrogens (primary N) is 1. The van der Waals surface area contributed by atoms with E-state index in [2.05, 4.69) is 21.3 Å². The van der Waals surface area contributed by atoms with Gasteiger partial charge in [-0.05, 0) is 18.7 Å². The summed E-state index contributed by atoms with van der Waals surface area (Å²) in [5, 5.41) is 6.95. The summed E-state index contributed by atoms with van der Waals surface area (Å²) in [6.45, 7) is 2.80. The average Bonchev–Trinajstić information content (AvgIpc) is 2.07. The van der Waals surface area contributed by atoms with Crippen LogP contribution in [0.15, 0.2) is 17.3 Å². The highest BCUT2D eigenvalue weighted by molar-refractivity contribution is 5.85. The summed E-state index contributed by atoms with van der Waals surface area (Å²) in [5.74, 6) is 4.74. The molecule has 5 nitrogen and oxygen atoms in total. The van der Waals surface area contributed by atoms with E-state index in [-0.39, 0.29) is 24.8 Å². The van der Waals surface area contributed by atoms with E-state index in [1.54, 1.807) is 6.21 Å². The van der Waals surface area contributed by atoms with Crippen LogP contribution in [0.25, 0.3) is 0 Å². The molecule has 5 N–H and O–H groups in total. The highest BCUT2D eigenvalue weighted by Gasteiger charge is 2.23. The maximum Gasteiger partial charge on any atom is 0.191 e. The van der Waals surface area contributed by atoms with E-state index >= 15 is 0 Å². The molecule has 0 amide bonds. The Morgan fingerprint density at radius 1 is 1.54 bits per heavy atom. The number of halogens is 2. The zero-order valence-electron chi connectivity index (χ0n) is 7.28. The molecule has 1 aliphatic rings. The van der Waals surface area contributed by atoms with Gasteiger partial charge in [-0.3, -0.25) is 16.6 Å². The van der Waals surface area contributed by atoms with E-state index in [9.17, 15) is 0 Å². The van der Waals surface area contributed by atoms with Gasteiger partial charge in [0.25, 0.3) is 0 Å². The molecule has 0 fully saturated rings. The fourth-order valence-electron chi connectivity index (χ4n) is 0.915. The van der Waals surface area contributed by atoms with Crippen molar-refractivity contribution in [1.29, 1.82) is 0 Å². The number of rotatable bonds is 3. The topological polar surface area (TPSA) is 74.5 Å². The summed E-state index contributed by atoms with van der Waals surface area (Å²) in [5.41, 5.74) is 5.41. The molecule has 0 saturated carbocycles. The number of nitrogens with one attached hydrogen (secondary N) is 3. The summed E-state index contributed by atoms with van der Waals surface area (Å²) >= 11 is 0. The Bertz CT molecular complexity index is 184. The van der Waals surface area contributed by atoms with Crippen molar-refractivity contribution in [2.75, 3.05) is 6.54 Å². The Balaban J connectivity index is 0. The van der Waals surface area contributed by atoms with Gasteiger partial charge in [0.1, 0.15) is 0 Å².